The van der Waals surface area contributed by atoms with Crippen molar-refractivity contribution < 1.29 is 4.74 Å². The Hall–Kier alpha value is -0.500. The van der Waals surface area contributed by atoms with E-state index in [0.717, 1.165) is 13.0 Å². The number of unbranched alkanes of at least 4 members (excludes halogenated alkanes) is 16. The maximum Gasteiger partial charge on any atom is 0.0873 e. The Morgan fingerprint density at radius 2 is 0.885 bits per heavy atom. The van der Waals surface area contributed by atoms with Crippen LogP contribution in [0.3, 0.4) is 0 Å². The zero-order chi connectivity index (χ0) is 18.8. The maximum atomic E-state index is 5.12. The molecule has 26 heavy (non-hydrogen) atoms. The molecular weight excluding hydrogens is 318 g/mol. The van der Waals surface area contributed by atoms with Gasteiger partial charge in [0.05, 0.1) is 12.9 Å². The van der Waals surface area contributed by atoms with Gasteiger partial charge in [-0.3, -0.25) is 0 Å². The number of hydrogen-bond acceptors (Lipinski definition) is 2. The van der Waals surface area contributed by atoms with Gasteiger partial charge in [-0.15, -0.1) is 0 Å². The summed E-state index contributed by atoms with van der Waals surface area (Å²) in [6.07, 6.45) is 26.5. The zero-order valence-electron chi connectivity index (χ0n) is 18.5. The first-order chi connectivity index (χ1) is 12.3. The Morgan fingerprint density at radius 1 is 0.577 bits per heavy atom. The van der Waals surface area contributed by atoms with Gasteiger partial charge >= 0.3 is 0 Å². The Balaban J connectivity index is -0.000000951. The van der Waals surface area contributed by atoms with Gasteiger partial charge in [-0.25, -0.2) is 0 Å². The topological polar surface area (TPSA) is 44.2 Å². The summed E-state index contributed by atoms with van der Waals surface area (Å²) in [6.45, 7) is 12.4. The molecule has 3 N–H and O–H groups in total. The number of ether oxygens (including phenoxy) is 1. The van der Waals surface area contributed by atoms with E-state index in [-0.39, 0.29) is 6.15 Å². The molecule has 0 atom stereocenters. The average molecular weight is 371 g/mol. The van der Waals surface area contributed by atoms with Crippen molar-refractivity contribution in [2.24, 2.45) is 0 Å². The van der Waals surface area contributed by atoms with Gasteiger partial charge in [0.15, 0.2) is 0 Å². The molecule has 159 valence electrons. The van der Waals surface area contributed by atoms with Crippen LogP contribution >= 0.6 is 0 Å². The van der Waals surface area contributed by atoms with Crippen molar-refractivity contribution in [1.29, 1.82) is 0 Å². The largest absolute Gasteiger partial charge is 0.502 e. The van der Waals surface area contributed by atoms with Crippen LogP contribution in [0.4, 0.5) is 0 Å². The van der Waals surface area contributed by atoms with Gasteiger partial charge < -0.3 is 10.9 Å². The lowest BCUT2D eigenvalue weighted by Gasteiger charge is -2.03. The highest BCUT2D eigenvalue weighted by Gasteiger charge is 1.94. The Kier molecular flexibility index (Phi) is 37.4. The minimum absolute atomic E-state index is 0. The summed E-state index contributed by atoms with van der Waals surface area (Å²) in [7, 11) is 0. The predicted molar refractivity (Wildman–Crippen MR) is 121 cm³/mol. The van der Waals surface area contributed by atoms with Crippen LogP contribution in [0.25, 0.3) is 0 Å². The summed E-state index contributed by atoms with van der Waals surface area (Å²) in [5, 5.41) is 0. The van der Waals surface area contributed by atoms with E-state index in [2.05, 4.69) is 27.4 Å². The highest BCUT2D eigenvalue weighted by Crippen LogP contribution is 2.13. The molecule has 0 amide bonds. The normalized spacial score (nSPS) is 9.81. The van der Waals surface area contributed by atoms with E-state index in [9.17, 15) is 0 Å². The van der Waals surface area contributed by atoms with Gasteiger partial charge in [0.2, 0.25) is 0 Å². The summed E-state index contributed by atoms with van der Waals surface area (Å²) in [6, 6.07) is 0. The summed E-state index contributed by atoms with van der Waals surface area (Å²) in [5.41, 5.74) is 0. The van der Waals surface area contributed by atoms with E-state index < -0.39 is 0 Å². The lowest BCUT2D eigenvalue weighted by atomic mass is 10.0. The van der Waals surface area contributed by atoms with Crippen LogP contribution < -0.4 is 6.15 Å². The fraction of sp³-hybridized carbons (Fsp3) is 0.875. The molecule has 1 radical (unpaired) electrons. The van der Waals surface area contributed by atoms with Crippen molar-refractivity contribution in [2.75, 3.05) is 6.61 Å². The first-order valence-electron chi connectivity index (χ1n) is 11.3. The lowest BCUT2D eigenvalue weighted by molar-refractivity contribution is 0.241. The second-order valence-corrected chi connectivity index (χ2v) is 7.19. The average Bonchev–Trinajstić information content (AvgIpc) is 2.64. The number of rotatable bonds is 19. The van der Waals surface area contributed by atoms with Gasteiger partial charge in [0.1, 0.15) is 0 Å². The van der Waals surface area contributed by atoms with Gasteiger partial charge in [0.25, 0.3) is 0 Å². The quantitative estimate of drug-likeness (QED) is 0.182. The lowest BCUT2D eigenvalue weighted by Crippen LogP contribution is -1.87. The molecule has 0 heterocycles. The first kappa shape index (κ1) is 30.2. The molecule has 0 aliphatic heterocycles. The molecule has 0 spiro atoms. The second kappa shape index (κ2) is 32.2. The van der Waals surface area contributed by atoms with Crippen LogP contribution in [0.15, 0.2) is 12.8 Å². The highest BCUT2D eigenvalue weighted by atomic mass is 16.5. The molecule has 0 saturated carbocycles. The monoisotopic (exact) mass is 370 g/mol. The van der Waals surface area contributed by atoms with Crippen LogP contribution in [0, 0.1) is 6.92 Å². The molecule has 0 aromatic carbocycles. The van der Waals surface area contributed by atoms with Crippen molar-refractivity contribution in [1.82, 2.24) is 6.15 Å². The Bertz CT molecular complexity index is 216. The van der Waals surface area contributed by atoms with Crippen LogP contribution in [0.5, 0.6) is 0 Å². The van der Waals surface area contributed by atoms with E-state index in [1.54, 1.807) is 6.26 Å². The molecular formula is C24H52NO. The molecule has 0 aromatic heterocycles. The Morgan fingerprint density at radius 3 is 1.15 bits per heavy atom. The van der Waals surface area contributed by atoms with Crippen molar-refractivity contribution in [3.63, 3.8) is 0 Å². The third-order valence-electron chi connectivity index (χ3n) is 4.59. The van der Waals surface area contributed by atoms with Crippen LogP contribution in [0.1, 0.15) is 129 Å². The van der Waals surface area contributed by atoms with Gasteiger partial charge in [0, 0.05) is 0 Å². The molecule has 0 rings (SSSR count). The van der Waals surface area contributed by atoms with Crippen molar-refractivity contribution in [2.45, 2.75) is 129 Å². The minimum atomic E-state index is 0. The molecule has 0 aliphatic rings. The SMILES string of the molecule is C=COCCCCCCCCCCCCCCCCCC.N.[CH2]CCC. The predicted octanol–water partition coefficient (Wildman–Crippen LogP) is 9.19. The third-order valence-corrected chi connectivity index (χ3v) is 4.59. The number of hydrogen-bond donors (Lipinski definition) is 1. The molecule has 0 fully saturated rings. The first-order valence-corrected chi connectivity index (χ1v) is 11.3. The van der Waals surface area contributed by atoms with E-state index in [1.807, 2.05) is 0 Å². The van der Waals surface area contributed by atoms with Crippen molar-refractivity contribution >= 4 is 0 Å². The standard InChI is InChI=1S/C20H40O.C4H9.H3N/c1-3-5-6-7-8-9-10-11-12-13-14-15-16-17-18-19-20-21-4-2;1-3-4-2;/h4H,2-3,5-20H2,1H3;1,3-4H2,2H3;1H3. The fourth-order valence-electron chi connectivity index (χ4n) is 2.82. The Labute approximate surface area is 167 Å². The second-order valence-electron chi connectivity index (χ2n) is 7.19. The van der Waals surface area contributed by atoms with Gasteiger partial charge in [-0.2, -0.15) is 0 Å². The fourth-order valence-corrected chi connectivity index (χ4v) is 2.82. The van der Waals surface area contributed by atoms with Gasteiger partial charge in [-0.05, 0) is 6.42 Å². The molecule has 0 unspecified atom stereocenters. The maximum absolute atomic E-state index is 5.12. The smallest absolute Gasteiger partial charge is 0.0873 e. The van der Waals surface area contributed by atoms with E-state index >= 15 is 0 Å². The highest BCUT2D eigenvalue weighted by molar-refractivity contribution is 4.51. The van der Waals surface area contributed by atoms with Crippen molar-refractivity contribution in [3.8, 4) is 0 Å². The van der Waals surface area contributed by atoms with E-state index in [1.165, 1.54) is 109 Å². The minimum Gasteiger partial charge on any atom is -0.502 e. The van der Waals surface area contributed by atoms with Crippen molar-refractivity contribution in [3.05, 3.63) is 19.8 Å². The summed E-state index contributed by atoms with van der Waals surface area (Å²) in [5.74, 6) is 0. The van der Waals surface area contributed by atoms with E-state index in [4.69, 9.17) is 4.74 Å². The molecule has 0 aromatic rings. The van der Waals surface area contributed by atoms with Gasteiger partial charge in [-0.1, -0.05) is 137 Å². The summed E-state index contributed by atoms with van der Waals surface area (Å²) < 4.78 is 5.12. The molecule has 0 bridgehead atoms. The van der Waals surface area contributed by atoms with Crippen LogP contribution in [-0.2, 0) is 4.74 Å². The molecule has 0 aliphatic carbocycles. The summed E-state index contributed by atoms with van der Waals surface area (Å²) in [4.78, 5) is 0. The molecule has 2 nitrogen and oxygen atoms in total. The third kappa shape index (κ3) is 34.8. The van der Waals surface area contributed by atoms with E-state index in [0.29, 0.717) is 0 Å². The molecule has 2 heteroatoms. The molecule has 0 saturated heterocycles. The summed E-state index contributed by atoms with van der Waals surface area (Å²) >= 11 is 0. The van der Waals surface area contributed by atoms with Crippen LogP contribution in [0.2, 0.25) is 0 Å². The van der Waals surface area contributed by atoms with Crippen LogP contribution in [-0.4, -0.2) is 6.61 Å². The zero-order valence-corrected chi connectivity index (χ0v) is 18.5.